The lowest BCUT2D eigenvalue weighted by Crippen LogP contribution is -2.15. The molecule has 0 spiro atoms. The lowest BCUT2D eigenvalue weighted by atomic mass is 9.85. The van der Waals surface area contributed by atoms with Crippen molar-refractivity contribution in [1.29, 1.82) is 0 Å². The summed E-state index contributed by atoms with van der Waals surface area (Å²) >= 11 is 0. The smallest absolute Gasteiger partial charge is 0.00888 e. The molecule has 0 atom stereocenters. The summed E-state index contributed by atoms with van der Waals surface area (Å²) < 4.78 is 0. The Morgan fingerprint density at radius 2 is 2.22 bits per heavy atom. The van der Waals surface area contributed by atoms with E-state index in [1.54, 1.807) is 0 Å². The zero-order valence-electron chi connectivity index (χ0n) is 6.02. The van der Waals surface area contributed by atoms with E-state index in [0.29, 0.717) is 0 Å². The Kier molecular flexibility index (Phi) is 1.35. The van der Waals surface area contributed by atoms with Gasteiger partial charge in [-0.1, -0.05) is 26.0 Å². The first kappa shape index (κ1) is 6.40. The van der Waals surface area contributed by atoms with Crippen LogP contribution in [0.3, 0.4) is 0 Å². The Morgan fingerprint density at radius 3 is 2.56 bits per heavy atom. The molecule has 1 heteroatoms. The van der Waals surface area contributed by atoms with Crippen LogP contribution in [-0.4, -0.2) is 0 Å². The van der Waals surface area contributed by atoms with E-state index in [2.05, 4.69) is 19.9 Å². The molecule has 0 saturated heterocycles. The van der Waals surface area contributed by atoms with Crippen LogP contribution in [0.25, 0.3) is 0 Å². The first-order valence-electron chi connectivity index (χ1n) is 3.24. The third-order valence-corrected chi connectivity index (χ3v) is 1.52. The molecule has 0 aliphatic heterocycles. The zero-order valence-corrected chi connectivity index (χ0v) is 6.02. The van der Waals surface area contributed by atoms with Crippen LogP contribution in [0.5, 0.6) is 0 Å². The van der Waals surface area contributed by atoms with E-state index in [1.807, 2.05) is 12.2 Å². The van der Waals surface area contributed by atoms with Crippen LogP contribution in [-0.2, 0) is 0 Å². The third-order valence-electron chi connectivity index (χ3n) is 1.52. The predicted molar refractivity (Wildman–Crippen MR) is 39.8 cm³/mol. The molecule has 0 fully saturated rings. The molecule has 0 amide bonds. The number of rotatable bonds is 0. The van der Waals surface area contributed by atoms with Crippen molar-refractivity contribution >= 4 is 0 Å². The lowest BCUT2D eigenvalue weighted by molar-refractivity contribution is 0.468. The first-order valence-corrected chi connectivity index (χ1v) is 3.24. The fourth-order valence-corrected chi connectivity index (χ4v) is 1.08. The second-order valence-electron chi connectivity index (χ2n) is 3.27. The van der Waals surface area contributed by atoms with Gasteiger partial charge in [-0.2, -0.15) is 0 Å². The van der Waals surface area contributed by atoms with Crippen molar-refractivity contribution in [2.45, 2.75) is 20.3 Å². The minimum atomic E-state index is 0.277. The van der Waals surface area contributed by atoms with Gasteiger partial charge in [0.1, 0.15) is 0 Å². The van der Waals surface area contributed by atoms with E-state index in [-0.39, 0.29) is 5.41 Å². The third kappa shape index (κ3) is 1.60. The first-order chi connectivity index (χ1) is 4.10. The number of allylic oxidation sites excluding steroid dienone is 4. The van der Waals surface area contributed by atoms with Gasteiger partial charge in [0.05, 0.1) is 0 Å². The van der Waals surface area contributed by atoms with Crippen molar-refractivity contribution in [3.63, 3.8) is 0 Å². The van der Waals surface area contributed by atoms with Crippen LogP contribution >= 0.6 is 0 Å². The summed E-state index contributed by atoms with van der Waals surface area (Å²) in [6, 6.07) is 0. The largest absolute Gasteiger partial charge is 0.402 e. The van der Waals surface area contributed by atoms with Crippen LogP contribution < -0.4 is 5.73 Å². The molecule has 0 radical (unpaired) electrons. The molecule has 0 aromatic carbocycles. The Morgan fingerprint density at radius 1 is 1.56 bits per heavy atom. The van der Waals surface area contributed by atoms with Crippen LogP contribution in [0.15, 0.2) is 23.9 Å². The van der Waals surface area contributed by atoms with E-state index in [4.69, 9.17) is 5.73 Å². The summed E-state index contributed by atoms with van der Waals surface area (Å²) in [6.07, 6.45) is 7.16. The molecule has 0 bridgehead atoms. The molecule has 2 N–H and O–H groups in total. The van der Waals surface area contributed by atoms with E-state index < -0.39 is 0 Å². The van der Waals surface area contributed by atoms with Gasteiger partial charge in [-0.15, -0.1) is 0 Å². The molecule has 50 valence electrons. The normalized spacial score (nSPS) is 23.6. The summed E-state index contributed by atoms with van der Waals surface area (Å²) in [5, 5.41) is 0. The van der Waals surface area contributed by atoms with E-state index >= 15 is 0 Å². The molecule has 9 heavy (non-hydrogen) atoms. The van der Waals surface area contributed by atoms with Crippen LogP contribution in [0.4, 0.5) is 0 Å². The van der Waals surface area contributed by atoms with Gasteiger partial charge in [-0.25, -0.2) is 0 Å². The van der Waals surface area contributed by atoms with Crippen molar-refractivity contribution in [2.24, 2.45) is 11.1 Å². The minimum Gasteiger partial charge on any atom is -0.402 e. The number of hydrogen-bond acceptors (Lipinski definition) is 1. The van der Waals surface area contributed by atoms with E-state index in [1.165, 1.54) is 0 Å². The summed E-state index contributed by atoms with van der Waals surface area (Å²) in [6.45, 7) is 4.37. The minimum absolute atomic E-state index is 0.277. The van der Waals surface area contributed by atoms with Gasteiger partial charge < -0.3 is 5.73 Å². The van der Waals surface area contributed by atoms with E-state index in [0.717, 1.165) is 12.1 Å². The summed E-state index contributed by atoms with van der Waals surface area (Å²) in [4.78, 5) is 0. The predicted octanol–water partition coefficient (Wildman–Crippen LogP) is 1.82. The Labute approximate surface area is 56.2 Å². The molecule has 0 heterocycles. The lowest BCUT2D eigenvalue weighted by Gasteiger charge is -2.22. The van der Waals surface area contributed by atoms with E-state index in [9.17, 15) is 0 Å². The van der Waals surface area contributed by atoms with Crippen molar-refractivity contribution in [3.8, 4) is 0 Å². The van der Waals surface area contributed by atoms with Gasteiger partial charge in [0, 0.05) is 5.70 Å². The Bertz CT molecular complexity index is 163. The highest BCUT2D eigenvalue weighted by atomic mass is 14.6. The molecular formula is C8H13N. The molecule has 1 nitrogen and oxygen atoms in total. The quantitative estimate of drug-likeness (QED) is 0.522. The zero-order chi connectivity index (χ0) is 6.91. The van der Waals surface area contributed by atoms with Crippen molar-refractivity contribution < 1.29 is 0 Å². The van der Waals surface area contributed by atoms with Crippen LogP contribution in [0, 0.1) is 5.41 Å². The molecular weight excluding hydrogens is 110 g/mol. The maximum absolute atomic E-state index is 5.62. The van der Waals surface area contributed by atoms with Gasteiger partial charge in [-0.3, -0.25) is 0 Å². The maximum Gasteiger partial charge on any atom is 0.00888 e. The molecule has 0 saturated carbocycles. The standard InChI is InChI=1S/C8H13N/c1-8(2)5-3-4-7(9)6-8/h3-5H,6,9H2,1-2H3. The second kappa shape index (κ2) is 1.90. The van der Waals surface area contributed by atoms with Gasteiger partial charge >= 0.3 is 0 Å². The SMILES string of the molecule is CC1(C)C=CC=C(N)C1. The Hall–Kier alpha value is -0.720. The van der Waals surface area contributed by atoms with Gasteiger partial charge in [0.15, 0.2) is 0 Å². The van der Waals surface area contributed by atoms with Gasteiger partial charge in [0.25, 0.3) is 0 Å². The average Bonchev–Trinajstić information content (AvgIpc) is 1.60. The van der Waals surface area contributed by atoms with Crippen LogP contribution in [0.2, 0.25) is 0 Å². The topological polar surface area (TPSA) is 26.0 Å². The summed E-state index contributed by atoms with van der Waals surface area (Å²) in [5.74, 6) is 0. The van der Waals surface area contributed by atoms with Crippen molar-refractivity contribution in [3.05, 3.63) is 23.9 Å². The highest BCUT2D eigenvalue weighted by Crippen LogP contribution is 2.27. The molecule has 1 aliphatic carbocycles. The fraction of sp³-hybridized carbons (Fsp3) is 0.500. The molecule has 0 aromatic heterocycles. The summed E-state index contributed by atoms with van der Waals surface area (Å²) in [7, 11) is 0. The maximum atomic E-state index is 5.62. The van der Waals surface area contributed by atoms with Gasteiger partial charge in [-0.05, 0) is 17.9 Å². The number of hydrogen-bond donors (Lipinski definition) is 1. The molecule has 0 aromatic rings. The molecule has 1 aliphatic rings. The average molecular weight is 123 g/mol. The molecule has 0 unspecified atom stereocenters. The highest BCUT2D eigenvalue weighted by molar-refractivity contribution is 5.19. The fourth-order valence-electron chi connectivity index (χ4n) is 1.08. The number of nitrogens with two attached hydrogens (primary N) is 1. The van der Waals surface area contributed by atoms with Crippen LogP contribution in [0.1, 0.15) is 20.3 Å². The van der Waals surface area contributed by atoms with Crippen molar-refractivity contribution in [1.82, 2.24) is 0 Å². The van der Waals surface area contributed by atoms with Gasteiger partial charge in [0.2, 0.25) is 0 Å². The molecule has 1 rings (SSSR count). The highest BCUT2D eigenvalue weighted by Gasteiger charge is 2.16. The second-order valence-corrected chi connectivity index (χ2v) is 3.27. The monoisotopic (exact) mass is 123 g/mol. The Balaban J connectivity index is 2.73. The van der Waals surface area contributed by atoms with Crippen molar-refractivity contribution in [2.75, 3.05) is 0 Å². The summed E-state index contributed by atoms with van der Waals surface area (Å²) in [5.41, 5.74) is 6.89.